The monoisotopic (exact) mass is 274 g/mol. The second-order valence-corrected chi connectivity index (χ2v) is 12.1. The van der Waals surface area contributed by atoms with Crippen molar-refractivity contribution in [3.63, 3.8) is 0 Å². The maximum Gasteiger partial charge on any atom is 0.341 e. The van der Waals surface area contributed by atoms with Crippen molar-refractivity contribution in [3.05, 3.63) is 12.2 Å². The summed E-state index contributed by atoms with van der Waals surface area (Å²) in [5.41, 5.74) is 0.469. The molecule has 0 amide bonds. The van der Waals surface area contributed by atoms with E-state index in [2.05, 4.69) is 6.58 Å². The Morgan fingerprint density at radius 3 is 2.43 bits per heavy atom. The maximum absolute atomic E-state index is 11.1. The van der Waals surface area contributed by atoms with E-state index >= 15 is 0 Å². The highest BCUT2D eigenvalue weighted by atomic mass is 35.8. The molecule has 0 aromatic heterocycles. The Hall–Kier alpha value is 0.297. The van der Waals surface area contributed by atoms with Crippen molar-refractivity contribution in [2.24, 2.45) is 0 Å². The molecule has 2 nitrogen and oxygen atoms in total. The standard InChI is InChI=1S/C8H13Cl3O2Si/c1-3-7(2)8(12)13-5-4-6-14(9,10)11/h2-6H2,1H3. The number of rotatable bonds is 6. The summed E-state index contributed by atoms with van der Waals surface area (Å²) in [4.78, 5) is 11.1. The molecule has 0 aromatic rings. The van der Waals surface area contributed by atoms with E-state index in [0.29, 0.717) is 31.1 Å². The van der Waals surface area contributed by atoms with Crippen LogP contribution in [0.2, 0.25) is 6.04 Å². The van der Waals surface area contributed by atoms with Crippen molar-refractivity contribution in [1.29, 1.82) is 0 Å². The fourth-order valence-corrected chi connectivity index (χ4v) is 2.43. The molecule has 0 fully saturated rings. The van der Waals surface area contributed by atoms with Crippen LogP contribution in [0.5, 0.6) is 0 Å². The van der Waals surface area contributed by atoms with Gasteiger partial charge in [0.05, 0.1) is 6.61 Å². The first-order valence-corrected chi connectivity index (χ1v) is 9.52. The smallest absolute Gasteiger partial charge is 0.341 e. The Bertz CT molecular complexity index is 213. The zero-order valence-electron chi connectivity index (χ0n) is 7.99. The SMILES string of the molecule is C=C(CC)C(=O)OCCC[Si](Cl)(Cl)Cl. The molecule has 0 heterocycles. The number of esters is 1. The summed E-state index contributed by atoms with van der Waals surface area (Å²) in [6.07, 6.45) is 1.18. The lowest BCUT2D eigenvalue weighted by Gasteiger charge is -2.08. The zero-order valence-corrected chi connectivity index (χ0v) is 11.3. The van der Waals surface area contributed by atoms with Gasteiger partial charge >= 0.3 is 12.0 Å². The lowest BCUT2D eigenvalue weighted by molar-refractivity contribution is -0.139. The molecule has 0 N–H and O–H groups in total. The first kappa shape index (κ1) is 14.3. The number of carbonyl (C=O) groups excluding carboxylic acids is 1. The molecule has 0 aromatic carbocycles. The summed E-state index contributed by atoms with van der Waals surface area (Å²) in [5.74, 6) is -0.363. The van der Waals surface area contributed by atoms with Crippen LogP contribution in [0, 0.1) is 0 Å². The van der Waals surface area contributed by atoms with Gasteiger partial charge in [0.25, 0.3) is 0 Å². The van der Waals surface area contributed by atoms with Gasteiger partial charge in [0.1, 0.15) is 0 Å². The molecule has 82 valence electrons. The fraction of sp³-hybridized carbons (Fsp3) is 0.625. The van der Waals surface area contributed by atoms with Crippen molar-refractivity contribution in [2.45, 2.75) is 25.8 Å². The van der Waals surface area contributed by atoms with Crippen molar-refractivity contribution in [2.75, 3.05) is 6.61 Å². The van der Waals surface area contributed by atoms with Crippen LogP contribution in [0.1, 0.15) is 19.8 Å². The predicted octanol–water partition coefficient (Wildman–Crippen LogP) is 3.54. The minimum Gasteiger partial charge on any atom is -0.462 e. The Labute approximate surface area is 99.3 Å². The highest BCUT2D eigenvalue weighted by Gasteiger charge is 2.24. The topological polar surface area (TPSA) is 26.3 Å². The normalized spacial score (nSPS) is 11.1. The number of ether oxygens (including phenoxy) is 1. The molecule has 0 atom stereocenters. The van der Waals surface area contributed by atoms with E-state index in [9.17, 15) is 4.79 Å². The minimum absolute atomic E-state index is 0.290. The van der Waals surface area contributed by atoms with Gasteiger partial charge in [0.2, 0.25) is 0 Å². The van der Waals surface area contributed by atoms with Crippen molar-refractivity contribution >= 4 is 45.2 Å². The summed E-state index contributed by atoms with van der Waals surface area (Å²) < 4.78 is 4.90. The van der Waals surface area contributed by atoms with Crippen molar-refractivity contribution < 1.29 is 9.53 Å². The predicted molar refractivity (Wildman–Crippen MR) is 63.1 cm³/mol. The van der Waals surface area contributed by atoms with Crippen LogP contribution in [0.4, 0.5) is 0 Å². The van der Waals surface area contributed by atoms with Gasteiger partial charge in [-0.1, -0.05) is 13.5 Å². The van der Waals surface area contributed by atoms with E-state index in [1.807, 2.05) is 6.92 Å². The minimum atomic E-state index is -2.56. The van der Waals surface area contributed by atoms with Gasteiger partial charge < -0.3 is 4.74 Å². The second kappa shape index (κ2) is 6.72. The van der Waals surface area contributed by atoms with Crippen LogP contribution in [0.3, 0.4) is 0 Å². The summed E-state index contributed by atoms with van der Waals surface area (Å²) in [6, 6.07) is -2.06. The molecule has 0 unspecified atom stereocenters. The van der Waals surface area contributed by atoms with Crippen LogP contribution in [-0.4, -0.2) is 18.6 Å². The second-order valence-electron chi connectivity index (χ2n) is 2.81. The average molecular weight is 276 g/mol. The third-order valence-electron chi connectivity index (χ3n) is 1.55. The fourth-order valence-electron chi connectivity index (χ4n) is 0.684. The van der Waals surface area contributed by atoms with E-state index in [4.69, 9.17) is 38.0 Å². The third-order valence-corrected chi connectivity index (χ3v) is 4.17. The maximum atomic E-state index is 11.1. The number of carbonyl (C=O) groups is 1. The van der Waals surface area contributed by atoms with Gasteiger partial charge in [-0.15, -0.1) is 33.2 Å². The van der Waals surface area contributed by atoms with E-state index in [1.54, 1.807) is 0 Å². The highest BCUT2D eigenvalue weighted by molar-refractivity contribution is 7.64. The Morgan fingerprint density at radius 1 is 1.43 bits per heavy atom. The first-order valence-electron chi connectivity index (χ1n) is 4.28. The third kappa shape index (κ3) is 7.68. The summed E-state index contributed by atoms with van der Waals surface area (Å²) in [7, 11) is 0. The van der Waals surface area contributed by atoms with Gasteiger partial charge in [-0.3, -0.25) is 0 Å². The molecule has 6 heteroatoms. The molecule has 0 aliphatic carbocycles. The Balaban J connectivity index is 3.56. The summed E-state index contributed by atoms with van der Waals surface area (Å²) in [6.45, 7) is 5.69. The first-order chi connectivity index (χ1) is 6.37. The van der Waals surface area contributed by atoms with Crippen LogP contribution in [0.25, 0.3) is 0 Å². The molecule has 14 heavy (non-hydrogen) atoms. The Morgan fingerprint density at radius 2 is 2.00 bits per heavy atom. The number of hydrogen-bond donors (Lipinski definition) is 0. The highest BCUT2D eigenvalue weighted by Crippen LogP contribution is 2.26. The zero-order chi connectivity index (χ0) is 11.2. The van der Waals surface area contributed by atoms with Crippen LogP contribution >= 0.6 is 33.2 Å². The molecule has 0 spiro atoms. The van der Waals surface area contributed by atoms with Crippen LogP contribution < -0.4 is 0 Å². The van der Waals surface area contributed by atoms with Gasteiger partial charge in [-0.25, -0.2) is 4.79 Å². The molecule has 0 aliphatic heterocycles. The van der Waals surface area contributed by atoms with Gasteiger partial charge in [-0.2, -0.15) is 0 Å². The molecule has 0 aliphatic rings. The summed E-state index contributed by atoms with van der Waals surface area (Å²) >= 11 is 17.0. The molecule has 0 radical (unpaired) electrons. The molecule has 0 rings (SSSR count). The number of halogens is 3. The van der Waals surface area contributed by atoms with Crippen molar-refractivity contribution in [1.82, 2.24) is 0 Å². The van der Waals surface area contributed by atoms with E-state index in [0.717, 1.165) is 0 Å². The number of hydrogen-bond acceptors (Lipinski definition) is 2. The van der Waals surface area contributed by atoms with Crippen LogP contribution in [-0.2, 0) is 9.53 Å². The average Bonchev–Trinajstić information content (AvgIpc) is 2.09. The van der Waals surface area contributed by atoms with Gasteiger partial charge in [-0.05, 0) is 18.9 Å². The van der Waals surface area contributed by atoms with E-state index in [-0.39, 0.29) is 5.97 Å². The van der Waals surface area contributed by atoms with E-state index in [1.165, 1.54) is 0 Å². The van der Waals surface area contributed by atoms with Gasteiger partial charge in [0.15, 0.2) is 0 Å². The van der Waals surface area contributed by atoms with Gasteiger partial charge in [0, 0.05) is 5.57 Å². The molecular formula is C8H13Cl3O2Si. The lowest BCUT2D eigenvalue weighted by Crippen LogP contribution is -2.12. The largest absolute Gasteiger partial charge is 0.462 e. The lowest BCUT2D eigenvalue weighted by atomic mass is 10.2. The molecular weight excluding hydrogens is 263 g/mol. The molecule has 0 bridgehead atoms. The molecule has 0 saturated heterocycles. The Kier molecular flexibility index (Phi) is 6.86. The quantitative estimate of drug-likeness (QED) is 0.244. The van der Waals surface area contributed by atoms with Crippen LogP contribution in [0.15, 0.2) is 12.2 Å². The van der Waals surface area contributed by atoms with E-state index < -0.39 is 6.00 Å². The van der Waals surface area contributed by atoms with Crippen molar-refractivity contribution in [3.8, 4) is 0 Å². The summed E-state index contributed by atoms with van der Waals surface area (Å²) in [5, 5.41) is 0. The molecule has 0 saturated carbocycles.